The van der Waals surface area contributed by atoms with Crippen LogP contribution < -0.4 is 4.74 Å². The third kappa shape index (κ3) is 5.43. The number of imidazole rings is 1. The zero-order valence-corrected chi connectivity index (χ0v) is 30.1. The Morgan fingerprint density at radius 3 is 1.98 bits per heavy atom. The number of carbonyl (C=O) groups excluding carboxylic acids is 1. The standard InChI is InChI=1S/C42H33BrN6O3/c1-3-52-41-44-28(2)37(26-50)48(41)25-35-32-23-24-51-27-36(32)39(43)38(35)33-21-13-14-22-34(33)40-45-47-49(46-40)42(29-15-7-4-8-16-29,30-17-9-5-10-18-30)31-19-11-6-12-20-31/h4-24,26-27H,3,25H2,1-2H3. The summed E-state index contributed by atoms with van der Waals surface area (Å²) in [5.74, 6) is 0.456. The summed E-state index contributed by atoms with van der Waals surface area (Å²) in [6.45, 7) is 4.44. The largest absolute Gasteiger partial charge is 0.472 e. The molecule has 3 heterocycles. The minimum atomic E-state index is -0.924. The first-order valence-electron chi connectivity index (χ1n) is 16.9. The molecule has 0 atom stereocenters. The van der Waals surface area contributed by atoms with E-state index in [1.807, 2.05) is 97.3 Å². The van der Waals surface area contributed by atoms with Crippen LogP contribution in [0.2, 0.25) is 0 Å². The van der Waals surface area contributed by atoms with Crippen LogP contribution in [-0.2, 0) is 12.1 Å². The molecule has 0 unspecified atom stereocenters. The van der Waals surface area contributed by atoms with E-state index in [0.717, 1.165) is 60.8 Å². The molecule has 1 aliphatic carbocycles. The molecular weight excluding hydrogens is 716 g/mol. The second-order valence-electron chi connectivity index (χ2n) is 12.3. The van der Waals surface area contributed by atoms with Crippen LogP contribution >= 0.6 is 15.9 Å². The number of aromatic nitrogens is 6. The third-order valence-electron chi connectivity index (χ3n) is 9.45. The number of benzene rings is 4. The number of hydrogen-bond donors (Lipinski definition) is 0. The van der Waals surface area contributed by atoms with Crippen molar-refractivity contribution < 1.29 is 13.9 Å². The van der Waals surface area contributed by atoms with Crippen molar-refractivity contribution in [1.29, 1.82) is 0 Å². The van der Waals surface area contributed by atoms with Gasteiger partial charge in [-0.2, -0.15) is 4.98 Å². The van der Waals surface area contributed by atoms with Crippen LogP contribution in [0.15, 0.2) is 143 Å². The Hall–Kier alpha value is -6.13. The molecule has 10 heteroatoms. The molecule has 6 aromatic rings. The predicted octanol–water partition coefficient (Wildman–Crippen LogP) is 9.07. The summed E-state index contributed by atoms with van der Waals surface area (Å²) in [6.07, 6.45) is 4.20. The topological polar surface area (TPSA) is 101 Å². The molecule has 8 rings (SSSR count). The quantitative estimate of drug-likeness (QED) is 0.0961. The number of ether oxygens (including phenoxy) is 1. The number of fused-ring (bicyclic) bond motifs is 1. The van der Waals surface area contributed by atoms with Crippen LogP contribution in [0.4, 0.5) is 0 Å². The molecule has 2 aromatic heterocycles. The summed E-state index contributed by atoms with van der Waals surface area (Å²) >= 11 is 3.93. The van der Waals surface area contributed by atoms with Crippen LogP contribution in [0.5, 0.6) is 6.01 Å². The van der Waals surface area contributed by atoms with Crippen molar-refractivity contribution in [2.24, 2.45) is 0 Å². The summed E-state index contributed by atoms with van der Waals surface area (Å²) in [5.41, 5.74) is 8.49. The molecule has 0 spiro atoms. The van der Waals surface area contributed by atoms with E-state index in [2.05, 4.69) is 63.4 Å². The molecular formula is C42H33BrN6O3. The lowest BCUT2D eigenvalue weighted by Crippen LogP contribution is -2.39. The lowest BCUT2D eigenvalue weighted by atomic mass is 9.77. The van der Waals surface area contributed by atoms with Gasteiger partial charge >= 0.3 is 0 Å². The molecule has 52 heavy (non-hydrogen) atoms. The fraction of sp³-hybridized carbons (Fsp3) is 0.119. The van der Waals surface area contributed by atoms with E-state index < -0.39 is 5.54 Å². The maximum atomic E-state index is 12.3. The average Bonchev–Trinajstić information content (AvgIpc) is 3.88. The molecule has 0 saturated heterocycles. The monoisotopic (exact) mass is 748 g/mol. The van der Waals surface area contributed by atoms with E-state index in [9.17, 15) is 4.79 Å². The molecule has 0 N–H and O–H groups in total. The van der Waals surface area contributed by atoms with Crippen LogP contribution in [0, 0.1) is 6.92 Å². The summed E-state index contributed by atoms with van der Waals surface area (Å²) in [4.78, 5) is 18.6. The van der Waals surface area contributed by atoms with E-state index in [4.69, 9.17) is 24.6 Å². The number of aryl methyl sites for hydroxylation is 1. The second-order valence-corrected chi connectivity index (χ2v) is 13.1. The van der Waals surface area contributed by atoms with Crippen LogP contribution in [0.3, 0.4) is 0 Å². The number of halogens is 1. The van der Waals surface area contributed by atoms with E-state index in [1.54, 1.807) is 17.3 Å². The van der Waals surface area contributed by atoms with Crippen LogP contribution in [-0.4, -0.2) is 42.7 Å². The Balaban J connectivity index is 1.34. The van der Waals surface area contributed by atoms with Crippen LogP contribution in [0.25, 0.3) is 33.6 Å². The Morgan fingerprint density at radius 1 is 0.788 bits per heavy atom. The van der Waals surface area contributed by atoms with Crippen molar-refractivity contribution in [3.63, 3.8) is 0 Å². The van der Waals surface area contributed by atoms with Gasteiger partial charge in [0, 0.05) is 21.2 Å². The Labute approximate surface area is 309 Å². The molecule has 1 aliphatic heterocycles. The lowest BCUT2D eigenvalue weighted by Gasteiger charge is -2.34. The second kappa shape index (κ2) is 13.9. The van der Waals surface area contributed by atoms with E-state index in [0.29, 0.717) is 36.4 Å². The third-order valence-corrected chi connectivity index (χ3v) is 10.3. The highest BCUT2D eigenvalue weighted by Gasteiger charge is 2.41. The van der Waals surface area contributed by atoms with Gasteiger partial charge in [0.1, 0.15) is 5.69 Å². The average molecular weight is 750 g/mol. The zero-order valence-electron chi connectivity index (χ0n) is 28.5. The van der Waals surface area contributed by atoms with Crippen molar-refractivity contribution in [2.75, 3.05) is 6.61 Å². The summed E-state index contributed by atoms with van der Waals surface area (Å²) < 4.78 is 14.2. The molecule has 256 valence electrons. The molecule has 4 aromatic carbocycles. The van der Waals surface area contributed by atoms with Crippen molar-refractivity contribution >= 4 is 22.2 Å². The van der Waals surface area contributed by atoms with E-state index in [-0.39, 0.29) is 0 Å². The highest BCUT2D eigenvalue weighted by molar-refractivity contribution is 9.10. The van der Waals surface area contributed by atoms with Crippen molar-refractivity contribution in [3.8, 4) is 39.7 Å². The Bertz CT molecular complexity index is 2360. The van der Waals surface area contributed by atoms with Crippen molar-refractivity contribution in [1.82, 2.24) is 29.8 Å². The van der Waals surface area contributed by atoms with Crippen LogP contribution in [0.1, 0.15) is 45.4 Å². The maximum Gasteiger partial charge on any atom is 0.297 e. The molecule has 9 nitrogen and oxygen atoms in total. The first-order chi connectivity index (χ1) is 25.6. The zero-order chi connectivity index (χ0) is 35.7. The number of nitrogens with zero attached hydrogens (tertiary/aromatic N) is 6. The van der Waals surface area contributed by atoms with Crippen molar-refractivity contribution in [3.05, 3.63) is 172 Å². The number of rotatable bonds is 11. The summed E-state index contributed by atoms with van der Waals surface area (Å²) in [7, 11) is 0. The van der Waals surface area contributed by atoms with Gasteiger partial charge in [0.2, 0.25) is 5.82 Å². The van der Waals surface area contributed by atoms with E-state index >= 15 is 0 Å². The Kier molecular flexibility index (Phi) is 8.82. The minimum absolute atomic E-state index is 0.319. The van der Waals surface area contributed by atoms with Gasteiger partial charge < -0.3 is 9.15 Å². The number of aldehydes is 1. The predicted molar refractivity (Wildman–Crippen MR) is 203 cm³/mol. The highest BCUT2D eigenvalue weighted by Crippen LogP contribution is 2.49. The molecule has 0 bridgehead atoms. The summed E-state index contributed by atoms with van der Waals surface area (Å²) in [5, 5.41) is 14.8. The molecule has 0 saturated carbocycles. The van der Waals surface area contributed by atoms with Gasteiger partial charge in [-0.05, 0) is 74.4 Å². The fourth-order valence-electron chi connectivity index (χ4n) is 7.15. The molecule has 0 amide bonds. The maximum absolute atomic E-state index is 12.3. The normalized spacial score (nSPS) is 11.6. The van der Waals surface area contributed by atoms with Gasteiger partial charge in [-0.25, -0.2) is 0 Å². The van der Waals surface area contributed by atoms with Gasteiger partial charge in [0.25, 0.3) is 6.01 Å². The highest BCUT2D eigenvalue weighted by atomic mass is 79.9. The minimum Gasteiger partial charge on any atom is -0.472 e. The smallest absolute Gasteiger partial charge is 0.297 e. The number of hydrogen-bond acceptors (Lipinski definition) is 7. The lowest BCUT2D eigenvalue weighted by molar-refractivity contribution is 0.111. The molecule has 2 aliphatic rings. The summed E-state index contributed by atoms with van der Waals surface area (Å²) in [6, 6.07) is 41.2. The number of carbonyl (C=O) groups is 1. The van der Waals surface area contributed by atoms with Gasteiger partial charge in [-0.1, -0.05) is 115 Å². The SMILES string of the molecule is CCOc1nc(C)c(C=O)n1Cc1c2ccocc-2c(Br)c1-c1ccccc1-c1nnn(C(c2ccccc2)(c2ccccc2)c2ccccc2)n1. The van der Waals surface area contributed by atoms with Gasteiger partial charge in [0.05, 0.1) is 31.4 Å². The first-order valence-corrected chi connectivity index (χ1v) is 17.7. The van der Waals surface area contributed by atoms with Gasteiger partial charge in [0.15, 0.2) is 11.8 Å². The van der Waals surface area contributed by atoms with E-state index in [1.165, 1.54) is 0 Å². The Morgan fingerprint density at radius 2 is 1.38 bits per heavy atom. The molecule has 0 radical (unpaired) electrons. The van der Waals surface area contributed by atoms with Gasteiger partial charge in [-0.3, -0.25) is 9.36 Å². The van der Waals surface area contributed by atoms with Gasteiger partial charge in [-0.15, -0.1) is 15.0 Å². The first kappa shape index (κ1) is 33.0. The fourth-order valence-corrected chi connectivity index (χ4v) is 7.91. The number of tetrazole rings is 1. The van der Waals surface area contributed by atoms with Crippen molar-refractivity contribution in [2.45, 2.75) is 25.9 Å². The molecule has 0 fully saturated rings.